The second-order valence-electron chi connectivity index (χ2n) is 7.33. The molecule has 0 aliphatic rings. The Bertz CT molecular complexity index is 155. The van der Waals surface area contributed by atoms with Crippen LogP contribution in [-0.4, -0.2) is 21.2 Å². The molecule has 0 N–H and O–H groups in total. The van der Waals surface area contributed by atoms with Crippen molar-refractivity contribution in [3.05, 3.63) is 0 Å². The van der Waals surface area contributed by atoms with Crippen LogP contribution < -0.4 is 0 Å². The van der Waals surface area contributed by atoms with E-state index < -0.39 is 21.2 Å². The van der Waals surface area contributed by atoms with Gasteiger partial charge >= 0.3 is 142 Å². The van der Waals surface area contributed by atoms with E-state index in [4.69, 9.17) is 0 Å². The molecule has 0 unspecified atom stereocenters. The van der Waals surface area contributed by atoms with Crippen LogP contribution in [0.5, 0.6) is 0 Å². The average Bonchev–Trinajstić information content (AvgIpc) is 2.48. The van der Waals surface area contributed by atoms with Gasteiger partial charge in [0.15, 0.2) is 0 Å². The molecule has 0 atom stereocenters. The van der Waals surface area contributed by atoms with Gasteiger partial charge in [0.25, 0.3) is 0 Å². The number of hydrogen-bond donors (Lipinski definition) is 0. The maximum absolute atomic E-state index is 2.36. The summed E-state index contributed by atoms with van der Waals surface area (Å²) < 4.78 is 6.94. The first-order valence-corrected chi connectivity index (χ1v) is 21.2. The van der Waals surface area contributed by atoms with E-state index in [1.807, 2.05) is 0 Å². The van der Waals surface area contributed by atoms with Gasteiger partial charge in [-0.3, -0.25) is 0 Å². The van der Waals surface area contributed by atoms with Crippen molar-refractivity contribution in [2.24, 2.45) is 0 Å². The third kappa shape index (κ3) is 12.1. The third-order valence-electron chi connectivity index (χ3n) is 5.24. The Morgan fingerprint density at radius 3 is 0.810 bits per heavy atom. The van der Waals surface area contributed by atoms with Crippen molar-refractivity contribution < 1.29 is 0 Å². The zero-order chi connectivity index (χ0) is 15.8. The third-order valence-corrected chi connectivity index (χ3v) is 27.2. The van der Waals surface area contributed by atoms with Gasteiger partial charge in [-0.05, 0) is 0 Å². The first-order valence-electron chi connectivity index (χ1n) is 10.2. The topological polar surface area (TPSA) is 0 Å². The molecule has 0 spiro atoms. The fourth-order valence-electron chi connectivity index (χ4n) is 3.75. The van der Waals surface area contributed by atoms with Gasteiger partial charge in [-0.15, -0.1) is 0 Å². The van der Waals surface area contributed by atoms with E-state index in [0.29, 0.717) is 0 Å². The van der Waals surface area contributed by atoms with Crippen LogP contribution in [0.25, 0.3) is 0 Å². The minimum atomic E-state index is -1.93. The van der Waals surface area contributed by atoms with Gasteiger partial charge in [0.05, 0.1) is 0 Å². The van der Waals surface area contributed by atoms with Crippen LogP contribution in [0.2, 0.25) is 15.9 Å². The molecule has 0 saturated carbocycles. The van der Waals surface area contributed by atoms with Crippen LogP contribution in [0, 0.1) is 0 Å². The summed E-state index contributed by atoms with van der Waals surface area (Å²) in [6.45, 7) is 9.46. The summed E-state index contributed by atoms with van der Waals surface area (Å²) >= 11 is -1.93. The van der Waals surface area contributed by atoms with Crippen LogP contribution in [-0.2, 0) is 0 Å². The summed E-state index contributed by atoms with van der Waals surface area (Å²) in [4.78, 5) is 0. The van der Waals surface area contributed by atoms with Crippen molar-refractivity contribution in [2.45, 2.75) is 121 Å². The summed E-state index contributed by atoms with van der Waals surface area (Å²) in [5.41, 5.74) is 0. The van der Waals surface area contributed by atoms with Crippen LogP contribution in [0.3, 0.4) is 0 Å². The summed E-state index contributed by atoms with van der Waals surface area (Å²) in [5.74, 6) is 0. The molecule has 0 fully saturated rings. The number of rotatable bonds is 16. The van der Waals surface area contributed by atoms with E-state index >= 15 is 0 Å². The monoisotopic (exact) mass is 492 g/mol. The zero-order valence-corrected chi connectivity index (χ0v) is 19.7. The molecule has 0 aliphatic heterocycles. The number of hydrogen-bond acceptors (Lipinski definition) is 0. The standard InChI is InChI=1S/4C5H11.Pb/c4*1-3-5-4-2;/h4*1,3-5H2,2H3;. The minimum absolute atomic E-state index is 1.41. The van der Waals surface area contributed by atoms with E-state index in [9.17, 15) is 0 Å². The molecule has 1 heteroatoms. The van der Waals surface area contributed by atoms with Crippen molar-refractivity contribution >= 4 is 21.2 Å². The molecule has 0 aromatic heterocycles. The van der Waals surface area contributed by atoms with Crippen molar-refractivity contribution in [3.8, 4) is 0 Å². The molecule has 0 bridgehead atoms. The molecule has 128 valence electrons. The number of unbranched alkanes of at least 4 members (excludes halogenated alkanes) is 8. The van der Waals surface area contributed by atoms with Gasteiger partial charge in [0.2, 0.25) is 0 Å². The predicted octanol–water partition coefficient (Wildman–Crippen LogP) is 8.20. The van der Waals surface area contributed by atoms with E-state index in [-0.39, 0.29) is 0 Å². The Morgan fingerprint density at radius 1 is 0.381 bits per heavy atom. The Morgan fingerprint density at radius 2 is 0.619 bits per heavy atom. The van der Waals surface area contributed by atoms with Crippen molar-refractivity contribution in [2.75, 3.05) is 0 Å². The van der Waals surface area contributed by atoms with Crippen molar-refractivity contribution in [3.63, 3.8) is 0 Å². The second-order valence-corrected chi connectivity index (χ2v) is 26.8. The van der Waals surface area contributed by atoms with E-state index in [1.165, 1.54) is 51.4 Å². The molecular formula is C20H44Pb. The molecule has 0 radical (unpaired) electrons. The van der Waals surface area contributed by atoms with E-state index in [0.717, 1.165) is 0 Å². The molecule has 0 saturated heterocycles. The predicted molar refractivity (Wildman–Crippen MR) is 103 cm³/mol. The van der Waals surface area contributed by atoms with Gasteiger partial charge in [0, 0.05) is 0 Å². The first kappa shape index (κ1) is 21.9. The van der Waals surface area contributed by atoms with Crippen LogP contribution in [0.1, 0.15) is 105 Å². The van der Waals surface area contributed by atoms with E-state index in [2.05, 4.69) is 27.7 Å². The second kappa shape index (κ2) is 15.8. The molecular weight excluding hydrogens is 447 g/mol. The first-order chi connectivity index (χ1) is 10.2. The summed E-state index contributed by atoms with van der Waals surface area (Å²) in [7, 11) is 0. The summed E-state index contributed by atoms with van der Waals surface area (Å²) in [5, 5.41) is 0. The Labute approximate surface area is 141 Å². The van der Waals surface area contributed by atoms with Crippen LogP contribution in [0.15, 0.2) is 0 Å². The Balaban J connectivity index is 4.52. The molecule has 0 aromatic rings. The van der Waals surface area contributed by atoms with Crippen molar-refractivity contribution in [1.82, 2.24) is 0 Å². The van der Waals surface area contributed by atoms with Gasteiger partial charge < -0.3 is 0 Å². The molecule has 0 heterocycles. The van der Waals surface area contributed by atoms with Gasteiger partial charge in [-0.2, -0.15) is 0 Å². The Hall–Kier alpha value is 0.922. The summed E-state index contributed by atoms with van der Waals surface area (Å²) in [6, 6.07) is 0. The quantitative estimate of drug-likeness (QED) is 0.151. The fourth-order valence-corrected chi connectivity index (χ4v) is 25.1. The normalized spacial score (nSPS) is 12.0. The summed E-state index contributed by atoms with van der Waals surface area (Å²) in [6.07, 6.45) is 17.9. The molecule has 21 heavy (non-hydrogen) atoms. The Kier molecular flexibility index (Phi) is 16.5. The molecule has 0 rings (SSSR count). The van der Waals surface area contributed by atoms with Crippen molar-refractivity contribution in [1.29, 1.82) is 0 Å². The van der Waals surface area contributed by atoms with Gasteiger partial charge in [-0.1, -0.05) is 0 Å². The maximum atomic E-state index is 2.36. The zero-order valence-electron chi connectivity index (χ0n) is 15.8. The SMILES string of the molecule is CCCC[CH2][Pb]([CH2]CCCC)([CH2]CCCC)[CH2]CCCC. The van der Waals surface area contributed by atoms with Gasteiger partial charge in [0.1, 0.15) is 0 Å². The fraction of sp³-hybridized carbons (Fsp3) is 1.00. The molecule has 0 nitrogen and oxygen atoms in total. The van der Waals surface area contributed by atoms with Crippen LogP contribution >= 0.6 is 0 Å². The molecule has 0 aromatic carbocycles. The van der Waals surface area contributed by atoms with Crippen LogP contribution in [0.4, 0.5) is 0 Å². The van der Waals surface area contributed by atoms with Gasteiger partial charge in [-0.25, -0.2) is 0 Å². The molecule has 0 amide bonds. The van der Waals surface area contributed by atoms with E-state index in [1.54, 1.807) is 41.6 Å². The molecule has 0 aliphatic carbocycles. The average molecular weight is 492 g/mol.